The molecule has 1 amide bonds. The lowest BCUT2D eigenvalue weighted by Crippen LogP contribution is -2.42. The Kier molecular flexibility index (Phi) is 6.40. The Morgan fingerprint density at radius 2 is 1.92 bits per heavy atom. The number of para-hydroxylation sites is 1. The number of nitrogens with two attached hydrogens (primary N) is 1. The summed E-state index contributed by atoms with van der Waals surface area (Å²) < 4.78 is 39.9. The van der Waals surface area contributed by atoms with Crippen LogP contribution in [0.5, 0.6) is 5.75 Å². The molecule has 1 saturated carbocycles. The van der Waals surface area contributed by atoms with Crippen molar-refractivity contribution >= 4 is 28.9 Å². The van der Waals surface area contributed by atoms with Crippen molar-refractivity contribution in [2.75, 3.05) is 22.5 Å². The van der Waals surface area contributed by atoms with Crippen LogP contribution in [0.25, 0.3) is 0 Å². The molecule has 0 bridgehead atoms. The Morgan fingerprint density at radius 1 is 1.22 bits per heavy atom. The molecule has 5 N–H and O–H groups in total. The number of anilines is 3. The van der Waals surface area contributed by atoms with Crippen LogP contribution in [0.4, 0.5) is 30.5 Å². The van der Waals surface area contributed by atoms with Crippen LogP contribution in [0.1, 0.15) is 29.5 Å². The third-order valence-corrected chi connectivity index (χ3v) is 5.92. The van der Waals surface area contributed by atoms with Crippen molar-refractivity contribution in [3.8, 4) is 5.75 Å². The predicted molar refractivity (Wildman–Crippen MR) is 130 cm³/mol. The van der Waals surface area contributed by atoms with Gasteiger partial charge in [-0.3, -0.25) is 10.2 Å². The fourth-order valence-corrected chi connectivity index (χ4v) is 3.85. The Labute approximate surface area is 204 Å². The van der Waals surface area contributed by atoms with Gasteiger partial charge in [0.1, 0.15) is 23.7 Å². The molecular weight excluding hydrogens is 473 g/mol. The van der Waals surface area contributed by atoms with Crippen molar-refractivity contribution in [3.63, 3.8) is 0 Å². The first-order chi connectivity index (χ1) is 17.0. The summed E-state index contributed by atoms with van der Waals surface area (Å²) in [6, 6.07) is 11.8. The quantitative estimate of drug-likeness (QED) is 0.271. The van der Waals surface area contributed by atoms with Crippen LogP contribution >= 0.6 is 0 Å². The lowest BCUT2D eigenvalue weighted by atomic mass is 10.00. The first kappa shape index (κ1) is 24.7. The van der Waals surface area contributed by atoms with E-state index in [0.29, 0.717) is 24.6 Å². The first-order valence-corrected chi connectivity index (χ1v) is 10.9. The van der Waals surface area contributed by atoms with E-state index in [-0.39, 0.29) is 40.9 Å². The molecule has 1 aromatic heterocycles. The summed E-state index contributed by atoms with van der Waals surface area (Å²) in [6.45, 7) is 3.84. The maximum atomic E-state index is 13.3. The van der Waals surface area contributed by atoms with Crippen molar-refractivity contribution in [1.29, 1.82) is 5.41 Å². The van der Waals surface area contributed by atoms with Gasteiger partial charge in [0.2, 0.25) is 5.91 Å². The van der Waals surface area contributed by atoms with Crippen molar-refractivity contribution in [2.24, 2.45) is 0 Å². The number of phenols is 1. The van der Waals surface area contributed by atoms with Crippen LogP contribution in [0.2, 0.25) is 0 Å². The smallest absolute Gasteiger partial charge is 0.419 e. The molecule has 0 saturated heterocycles. The Morgan fingerprint density at radius 3 is 2.53 bits per heavy atom. The average molecular weight is 496 g/mol. The van der Waals surface area contributed by atoms with E-state index in [2.05, 4.69) is 21.9 Å². The zero-order valence-electron chi connectivity index (χ0n) is 19.0. The number of aromatic hydroxyl groups is 1. The molecule has 1 aliphatic carbocycles. The molecule has 8 nitrogen and oxygen atoms in total. The van der Waals surface area contributed by atoms with Gasteiger partial charge in [-0.2, -0.15) is 13.2 Å². The molecule has 1 heterocycles. The van der Waals surface area contributed by atoms with Gasteiger partial charge in [0, 0.05) is 17.8 Å². The molecule has 0 spiro atoms. The second-order valence-electron chi connectivity index (χ2n) is 8.46. The number of aromatic nitrogens is 2. The number of benzene rings is 2. The normalized spacial score (nSPS) is 14.1. The standard InChI is InChI=1S/C25H23F3N6O2/c1-2-19(36)34(16-6-4-3-5-7-16)13-24(10-11-24)33-23-20(22(30)31-14-32-23)21(29)15-8-9-18(35)17(12-15)25(26,27)28/h2-9,12,14,29,35H,1,10-11,13H2,(H3,30,31,32,33). The van der Waals surface area contributed by atoms with Crippen molar-refractivity contribution in [2.45, 2.75) is 24.6 Å². The maximum Gasteiger partial charge on any atom is 0.419 e. The molecule has 2 aromatic carbocycles. The third kappa shape index (κ3) is 4.99. The Balaban J connectivity index is 1.67. The van der Waals surface area contributed by atoms with Crippen LogP contribution in [0.15, 0.2) is 67.5 Å². The number of nitrogens with one attached hydrogen (secondary N) is 2. The van der Waals surface area contributed by atoms with E-state index in [9.17, 15) is 23.1 Å². The number of amides is 1. The van der Waals surface area contributed by atoms with Gasteiger partial charge >= 0.3 is 6.18 Å². The van der Waals surface area contributed by atoms with Gasteiger partial charge in [-0.1, -0.05) is 24.8 Å². The van der Waals surface area contributed by atoms with Gasteiger partial charge in [0.05, 0.1) is 22.4 Å². The van der Waals surface area contributed by atoms with E-state index in [1.165, 1.54) is 18.5 Å². The summed E-state index contributed by atoms with van der Waals surface area (Å²) in [5.41, 5.74) is 4.39. The molecule has 11 heteroatoms. The van der Waals surface area contributed by atoms with Gasteiger partial charge < -0.3 is 21.1 Å². The van der Waals surface area contributed by atoms with Crippen molar-refractivity contribution in [1.82, 2.24) is 9.97 Å². The SMILES string of the molecule is C=CC(=O)N(CC1(Nc2ncnc(N)c2C(=N)c2ccc(O)c(C(F)(F)F)c2)CC1)c1ccccc1. The summed E-state index contributed by atoms with van der Waals surface area (Å²) in [7, 11) is 0. The van der Waals surface area contributed by atoms with Gasteiger partial charge in [-0.05, 0) is 49.2 Å². The largest absolute Gasteiger partial charge is 0.507 e. The lowest BCUT2D eigenvalue weighted by Gasteiger charge is -2.28. The maximum absolute atomic E-state index is 13.3. The minimum absolute atomic E-state index is 0.0175. The minimum atomic E-state index is -4.81. The second kappa shape index (κ2) is 9.33. The molecule has 0 aliphatic heterocycles. The van der Waals surface area contributed by atoms with Crippen LogP contribution < -0.4 is 16.0 Å². The highest BCUT2D eigenvalue weighted by Gasteiger charge is 2.46. The number of nitrogen functional groups attached to an aromatic ring is 1. The van der Waals surface area contributed by atoms with Crippen LogP contribution in [-0.4, -0.2) is 38.8 Å². The third-order valence-electron chi connectivity index (χ3n) is 5.92. The molecule has 0 radical (unpaired) electrons. The second-order valence-corrected chi connectivity index (χ2v) is 8.46. The fourth-order valence-electron chi connectivity index (χ4n) is 3.85. The van der Waals surface area contributed by atoms with E-state index in [4.69, 9.17) is 11.1 Å². The number of hydrogen-bond acceptors (Lipinski definition) is 7. The first-order valence-electron chi connectivity index (χ1n) is 10.9. The minimum Gasteiger partial charge on any atom is -0.507 e. The number of rotatable bonds is 8. The number of carbonyl (C=O) groups excluding carboxylic acids is 1. The average Bonchev–Trinajstić information content (AvgIpc) is 3.61. The number of halogens is 3. The summed E-state index contributed by atoms with van der Waals surface area (Å²) >= 11 is 0. The highest BCUT2D eigenvalue weighted by Crippen LogP contribution is 2.42. The molecule has 36 heavy (non-hydrogen) atoms. The summed E-state index contributed by atoms with van der Waals surface area (Å²) in [5.74, 6) is -1.18. The van der Waals surface area contributed by atoms with Crippen molar-refractivity contribution < 1.29 is 23.1 Å². The van der Waals surface area contributed by atoms with Gasteiger partial charge in [0.25, 0.3) is 0 Å². The van der Waals surface area contributed by atoms with Gasteiger partial charge in [0.15, 0.2) is 0 Å². The van der Waals surface area contributed by atoms with E-state index in [1.54, 1.807) is 17.0 Å². The summed E-state index contributed by atoms with van der Waals surface area (Å²) in [4.78, 5) is 22.3. The zero-order valence-corrected chi connectivity index (χ0v) is 19.0. The summed E-state index contributed by atoms with van der Waals surface area (Å²) in [5, 5.41) is 21.5. The predicted octanol–water partition coefficient (Wildman–Crippen LogP) is 4.36. The van der Waals surface area contributed by atoms with Gasteiger partial charge in [-0.25, -0.2) is 9.97 Å². The Hall–Kier alpha value is -4.41. The Bertz CT molecular complexity index is 1320. The van der Waals surface area contributed by atoms with Crippen LogP contribution in [0, 0.1) is 5.41 Å². The molecule has 0 atom stereocenters. The topological polar surface area (TPSA) is 128 Å². The highest BCUT2D eigenvalue weighted by molar-refractivity contribution is 6.16. The molecule has 4 rings (SSSR count). The number of hydrogen-bond donors (Lipinski definition) is 4. The van der Waals surface area contributed by atoms with Crippen molar-refractivity contribution in [3.05, 3.63) is 84.2 Å². The van der Waals surface area contributed by atoms with E-state index < -0.39 is 23.0 Å². The molecule has 1 aliphatic rings. The van der Waals surface area contributed by atoms with E-state index in [1.807, 2.05) is 18.2 Å². The molecule has 1 fully saturated rings. The molecule has 3 aromatic rings. The van der Waals surface area contributed by atoms with Gasteiger partial charge in [-0.15, -0.1) is 0 Å². The van der Waals surface area contributed by atoms with Crippen LogP contribution in [-0.2, 0) is 11.0 Å². The number of phenolic OH excluding ortho intramolecular Hbond substituents is 1. The molecular formula is C25H23F3N6O2. The molecule has 186 valence electrons. The lowest BCUT2D eigenvalue weighted by molar-refractivity contribution is -0.138. The highest BCUT2D eigenvalue weighted by atomic mass is 19.4. The van der Waals surface area contributed by atoms with E-state index >= 15 is 0 Å². The van der Waals surface area contributed by atoms with Crippen LogP contribution in [0.3, 0.4) is 0 Å². The van der Waals surface area contributed by atoms with E-state index in [0.717, 1.165) is 6.07 Å². The number of alkyl halides is 3. The number of carbonyl (C=O) groups is 1. The molecule has 0 unspecified atom stereocenters. The fraction of sp³-hybridized carbons (Fsp3) is 0.200. The zero-order chi connectivity index (χ0) is 26.1. The summed E-state index contributed by atoms with van der Waals surface area (Å²) in [6.07, 6.45) is -1.05. The monoisotopic (exact) mass is 496 g/mol. The number of nitrogens with zero attached hydrogens (tertiary/aromatic N) is 3.